The number of nitrogen functional groups attached to an aromatic ring is 1. The molecule has 13 heteroatoms. The number of carbonyl (C=O) groups is 2. The Morgan fingerprint density at radius 2 is 2.02 bits per heavy atom. The van der Waals surface area contributed by atoms with Gasteiger partial charge in [-0.1, -0.05) is 11.6 Å². The SMILES string of the molecule is COc1cc(C(=O)NC[C@](O)(c2cc3c(c(-c4ccc(F)cc4Cl)n2)OC[C@]3(C)C(N)=O)C2CC2)cc(/C=N/C2(F)CC2)c1N. The Bertz CT molecular complexity index is 1760. The van der Waals surface area contributed by atoms with E-state index in [-0.39, 0.29) is 58.2 Å². The van der Waals surface area contributed by atoms with Crippen LogP contribution in [-0.4, -0.2) is 54.2 Å². The smallest absolute Gasteiger partial charge is 0.251 e. The number of aromatic nitrogens is 1. The van der Waals surface area contributed by atoms with Gasteiger partial charge in [0, 0.05) is 41.3 Å². The minimum Gasteiger partial charge on any atom is -0.495 e. The Balaban J connectivity index is 1.37. The molecule has 3 aliphatic rings. The number of methoxy groups -OCH3 is 1. The molecule has 45 heavy (non-hydrogen) atoms. The number of nitrogens with one attached hydrogen (secondary N) is 1. The highest BCUT2D eigenvalue weighted by Gasteiger charge is 2.50. The molecule has 2 saturated carbocycles. The Hall–Kier alpha value is -4.29. The lowest BCUT2D eigenvalue weighted by molar-refractivity contribution is -0.123. The molecule has 2 aromatic carbocycles. The summed E-state index contributed by atoms with van der Waals surface area (Å²) in [5.41, 5.74) is 10.8. The minimum atomic E-state index is -1.68. The zero-order valence-corrected chi connectivity index (χ0v) is 25.4. The highest BCUT2D eigenvalue weighted by molar-refractivity contribution is 6.33. The van der Waals surface area contributed by atoms with E-state index >= 15 is 0 Å². The number of carbonyl (C=O) groups excluding carboxylic acids is 2. The van der Waals surface area contributed by atoms with Crippen LogP contribution >= 0.6 is 11.6 Å². The van der Waals surface area contributed by atoms with E-state index in [2.05, 4.69) is 10.3 Å². The van der Waals surface area contributed by atoms with Crippen molar-refractivity contribution < 1.29 is 33.0 Å². The third kappa shape index (κ3) is 5.57. The molecule has 10 nitrogen and oxygen atoms in total. The van der Waals surface area contributed by atoms with Crippen molar-refractivity contribution in [2.24, 2.45) is 16.6 Å². The van der Waals surface area contributed by atoms with Crippen molar-refractivity contribution in [2.75, 3.05) is 26.0 Å². The Morgan fingerprint density at radius 3 is 2.64 bits per heavy atom. The number of rotatable bonds is 10. The number of aliphatic imine (C=N–C) groups is 1. The Kier molecular flexibility index (Phi) is 7.48. The van der Waals surface area contributed by atoms with Gasteiger partial charge in [0.05, 0.1) is 30.1 Å². The lowest BCUT2D eigenvalue weighted by Crippen LogP contribution is -2.44. The number of pyridine rings is 1. The molecule has 0 unspecified atom stereocenters. The lowest BCUT2D eigenvalue weighted by Gasteiger charge is -2.30. The van der Waals surface area contributed by atoms with Gasteiger partial charge in [-0.2, -0.15) is 0 Å². The topological polar surface area (TPSA) is 162 Å². The van der Waals surface area contributed by atoms with E-state index < -0.39 is 34.4 Å². The summed E-state index contributed by atoms with van der Waals surface area (Å²) in [5, 5.41) is 15.0. The van der Waals surface area contributed by atoms with Crippen LogP contribution in [0.5, 0.6) is 11.5 Å². The normalized spacial score (nSPS) is 21.1. The van der Waals surface area contributed by atoms with Crippen LogP contribution in [0.3, 0.4) is 0 Å². The van der Waals surface area contributed by atoms with Gasteiger partial charge in [0.25, 0.3) is 5.91 Å². The predicted molar refractivity (Wildman–Crippen MR) is 164 cm³/mol. The first-order chi connectivity index (χ1) is 21.3. The first-order valence-electron chi connectivity index (χ1n) is 14.4. The van der Waals surface area contributed by atoms with Gasteiger partial charge < -0.3 is 31.4 Å². The second-order valence-corrected chi connectivity index (χ2v) is 12.5. The monoisotopic (exact) mass is 639 g/mol. The number of amides is 2. The number of alkyl halides is 1. The highest BCUT2D eigenvalue weighted by Crippen LogP contribution is 2.50. The van der Waals surface area contributed by atoms with Crippen LogP contribution in [0.25, 0.3) is 11.3 Å². The third-order valence-electron chi connectivity index (χ3n) is 8.77. The maximum absolute atomic E-state index is 14.2. The maximum atomic E-state index is 14.2. The standard InChI is InChI=1S/C32H32ClF2N5O5/c1-30(29(37)42)15-45-27-21(30)12-24(40-26(27)20-6-5-19(34)11-22(20)33)32(43,18-3-4-18)14-38-28(41)16-9-17(13-39-31(35)7-8-31)25(36)23(10-16)44-2/h5-6,9-13,18,43H,3-4,7-8,14-15,36H2,1-2H3,(H2,37,42)(H,38,41)/b39-13+/t30-,32+/m0/s1. The van der Waals surface area contributed by atoms with Gasteiger partial charge in [0.15, 0.2) is 5.79 Å². The number of primary amides is 1. The fourth-order valence-corrected chi connectivity index (χ4v) is 5.72. The van der Waals surface area contributed by atoms with Gasteiger partial charge in [-0.25, -0.2) is 13.8 Å². The van der Waals surface area contributed by atoms with Crippen molar-refractivity contribution in [2.45, 2.75) is 49.4 Å². The minimum absolute atomic E-state index is 0.0541. The predicted octanol–water partition coefficient (Wildman–Crippen LogP) is 4.17. The first kappa shape index (κ1) is 30.7. The molecule has 2 fully saturated rings. The second kappa shape index (κ2) is 11.0. The van der Waals surface area contributed by atoms with Gasteiger partial charge in [0.2, 0.25) is 5.91 Å². The van der Waals surface area contributed by atoms with Gasteiger partial charge in [0.1, 0.15) is 40.6 Å². The van der Waals surface area contributed by atoms with Crippen LogP contribution in [-0.2, 0) is 15.8 Å². The van der Waals surface area contributed by atoms with E-state index in [1.54, 1.807) is 13.0 Å². The lowest BCUT2D eigenvalue weighted by atomic mass is 9.81. The zero-order chi connectivity index (χ0) is 32.3. The molecule has 2 amide bonds. The fraction of sp³-hybridized carbons (Fsp3) is 0.375. The number of fused-ring (bicyclic) bond motifs is 1. The van der Waals surface area contributed by atoms with E-state index in [0.717, 1.165) is 6.07 Å². The molecule has 2 atom stereocenters. The van der Waals surface area contributed by atoms with Crippen molar-refractivity contribution in [1.82, 2.24) is 10.3 Å². The molecule has 2 heterocycles. The van der Waals surface area contributed by atoms with Crippen LogP contribution in [0.15, 0.2) is 41.4 Å². The van der Waals surface area contributed by atoms with Crippen molar-refractivity contribution in [3.05, 3.63) is 69.6 Å². The summed E-state index contributed by atoms with van der Waals surface area (Å²) < 4.78 is 39.4. The zero-order valence-electron chi connectivity index (χ0n) is 24.6. The summed E-state index contributed by atoms with van der Waals surface area (Å²) in [7, 11) is 1.39. The quantitative estimate of drug-likeness (QED) is 0.147. The van der Waals surface area contributed by atoms with E-state index in [1.807, 2.05) is 0 Å². The number of anilines is 1. The number of nitrogens with two attached hydrogens (primary N) is 2. The average Bonchev–Trinajstić information content (AvgIpc) is 3.95. The molecule has 0 spiro atoms. The summed E-state index contributed by atoms with van der Waals surface area (Å²) in [5.74, 6) is -3.19. The van der Waals surface area contributed by atoms with Gasteiger partial charge >= 0.3 is 0 Å². The first-order valence-corrected chi connectivity index (χ1v) is 14.8. The van der Waals surface area contributed by atoms with Crippen LogP contribution < -0.4 is 26.3 Å². The molecular formula is C32H32ClF2N5O5. The largest absolute Gasteiger partial charge is 0.495 e. The molecule has 6 N–H and O–H groups in total. The average molecular weight is 640 g/mol. The third-order valence-corrected chi connectivity index (χ3v) is 9.08. The number of aliphatic hydroxyl groups is 1. The van der Waals surface area contributed by atoms with E-state index in [0.29, 0.717) is 42.4 Å². The molecule has 0 bridgehead atoms. The molecule has 1 aromatic heterocycles. The van der Waals surface area contributed by atoms with Gasteiger partial charge in [-0.3, -0.25) is 14.6 Å². The van der Waals surface area contributed by atoms with Crippen molar-refractivity contribution in [1.29, 1.82) is 0 Å². The van der Waals surface area contributed by atoms with E-state index in [9.17, 15) is 23.5 Å². The maximum Gasteiger partial charge on any atom is 0.251 e. The summed E-state index contributed by atoms with van der Waals surface area (Å²) in [4.78, 5) is 34.8. The molecule has 6 rings (SSSR count). The van der Waals surface area contributed by atoms with Crippen molar-refractivity contribution >= 4 is 35.3 Å². The molecule has 236 valence electrons. The van der Waals surface area contributed by atoms with Crippen LogP contribution in [0.4, 0.5) is 14.5 Å². The summed E-state index contributed by atoms with van der Waals surface area (Å²) in [6.07, 6.45) is 3.23. The summed E-state index contributed by atoms with van der Waals surface area (Å²) >= 11 is 6.41. The van der Waals surface area contributed by atoms with Crippen LogP contribution in [0.1, 0.15) is 59.8 Å². The van der Waals surface area contributed by atoms with E-state index in [4.69, 9.17) is 37.5 Å². The fourth-order valence-electron chi connectivity index (χ4n) is 5.47. The van der Waals surface area contributed by atoms with Crippen molar-refractivity contribution in [3.8, 4) is 22.8 Å². The highest BCUT2D eigenvalue weighted by atomic mass is 35.5. The molecular weight excluding hydrogens is 608 g/mol. The number of hydrogen-bond donors (Lipinski definition) is 4. The summed E-state index contributed by atoms with van der Waals surface area (Å²) in [6.45, 7) is 1.31. The Labute approximate surface area is 262 Å². The number of ether oxygens (including phenoxy) is 2. The molecule has 2 aliphatic carbocycles. The van der Waals surface area contributed by atoms with Crippen molar-refractivity contribution in [3.63, 3.8) is 0 Å². The Morgan fingerprint density at radius 1 is 1.29 bits per heavy atom. The number of halogens is 3. The number of nitrogens with zero attached hydrogens (tertiary/aromatic N) is 2. The number of benzene rings is 2. The van der Waals surface area contributed by atoms with E-state index in [1.165, 1.54) is 37.6 Å². The molecule has 3 aromatic rings. The molecule has 0 radical (unpaired) electrons. The van der Waals surface area contributed by atoms with Crippen LogP contribution in [0.2, 0.25) is 5.02 Å². The molecule has 0 saturated heterocycles. The van der Waals surface area contributed by atoms with Gasteiger partial charge in [-0.15, -0.1) is 0 Å². The number of hydrogen-bond acceptors (Lipinski definition) is 8. The molecule has 1 aliphatic heterocycles. The summed E-state index contributed by atoms with van der Waals surface area (Å²) in [6, 6.07) is 8.27. The van der Waals surface area contributed by atoms with Gasteiger partial charge in [-0.05, 0) is 62.1 Å². The second-order valence-electron chi connectivity index (χ2n) is 12.1. The van der Waals surface area contributed by atoms with Crippen LogP contribution in [0, 0.1) is 11.7 Å².